The maximum absolute atomic E-state index is 12.9. The summed E-state index contributed by atoms with van der Waals surface area (Å²) in [5.74, 6) is 1.20. The van der Waals surface area contributed by atoms with Crippen LogP contribution in [0.5, 0.6) is 0 Å². The van der Waals surface area contributed by atoms with Gasteiger partial charge in [-0.1, -0.05) is 47.3 Å². The van der Waals surface area contributed by atoms with Gasteiger partial charge in [-0.25, -0.2) is 0 Å². The molecule has 0 unspecified atom stereocenters. The number of furan rings is 1. The van der Waals surface area contributed by atoms with Gasteiger partial charge >= 0.3 is 0 Å². The summed E-state index contributed by atoms with van der Waals surface area (Å²) in [6.45, 7) is 5.40. The second kappa shape index (κ2) is 10.7. The number of rotatable bonds is 6. The fourth-order valence-electron chi connectivity index (χ4n) is 4.74. The van der Waals surface area contributed by atoms with Crippen LogP contribution < -0.4 is 0 Å². The third-order valence-electron chi connectivity index (χ3n) is 6.63. The van der Waals surface area contributed by atoms with Crippen LogP contribution in [0.25, 0.3) is 0 Å². The Morgan fingerprint density at radius 2 is 1.59 bits per heavy atom. The van der Waals surface area contributed by atoms with Crippen LogP contribution in [0.3, 0.4) is 0 Å². The van der Waals surface area contributed by atoms with Crippen LogP contribution in [0, 0.1) is 0 Å². The molecule has 1 saturated heterocycles. The van der Waals surface area contributed by atoms with Crippen LogP contribution in [0.15, 0.2) is 45.3 Å². The van der Waals surface area contributed by atoms with Gasteiger partial charge in [-0.05, 0) is 42.7 Å². The lowest BCUT2D eigenvalue weighted by Gasteiger charge is -2.34. The summed E-state index contributed by atoms with van der Waals surface area (Å²) in [7, 11) is 0. The molecule has 2 heterocycles. The Hall–Kier alpha value is -2.12. The second-order valence-electron chi connectivity index (χ2n) is 8.89. The van der Waals surface area contributed by atoms with Gasteiger partial charge in [0, 0.05) is 50.2 Å². The summed E-state index contributed by atoms with van der Waals surface area (Å²) in [5, 5.41) is 0. The Kier molecular flexibility index (Phi) is 7.68. The molecule has 0 spiro atoms. The molecule has 1 aliphatic heterocycles. The zero-order chi connectivity index (χ0) is 22.5. The Morgan fingerprint density at radius 1 is 0.938 bits per heavy atom. The summed E-state index contributed by atoms with van der Waals surface area (Å²) in [5.41, 5.74) is 1.28. The first-order chi connectivity index (χ1) is 15.5. The highest BCUT2D eigenvalue weighted by molar-refractivity contribution is 9.10. The number of carbonyl (C=O) groups is 2. The monoisotopic (exact) mass is 501 g/mol. The third kappa shape index (κ3) is 5.81. The highest BCUT2D eigenvalue weighted by Crippen LogP contribution is 2.27. The molecule has 2 fully saturated rings. The topological polar surface area (TPSA) is 57.0 Å². The van der Waals surface area contributed by atoms with E-state index in [1.807, 2.05) is 6.07 Å². The van der Waals surface area contributed by atoms with Gasteiger partial charge in [-0.2, -0.15) is 0 Å². The molecule has 1 aromatic heterocycles. The molecule has 0 radical (unpaired) electrons. The van der Waals surface area contributed by atoms with Crippen LogP contribution in [-0.4, -0.2) is 58.7 Å². The number of hydrogen-bond donors (Lipinski definition) is 0. The first-order valence-corrected chi connectivity index (χ1v) is 12.4. The fraction of sp³-hybridized carbons (Fsp3) is 0.520. The zero-order valence-electron chi connectivity index (χ0n) is 18.8. The van der Waals surface area contributed by atoms with Gasteiger partial charge in [-0.15, -0.1) is 0 Å². The van der Waals surface area contributed by atoms with E-state index in [1.165, 1.54) is 37.7 Å². The van der Waals surface area contributed by atoms with Crippen molar-refractivity contribution >= 4 is 27.7 Å². The van der Waals surface area contributed by atoms with E-state index in [0.29, 0.717) is 44.5 Å². The number of benzene rings is 1. The van der Waals surface area contributed by atoms with E-state index in [2.05, 4.69) is 45.1 Å². The molecule has 172 valence electrons. The molecule has 2 aliphatic rings. The molecule has 6 nitrogen and oxygen atoms in total. The van der Waals surface area contributed by atoms with E-state index in [9.17, 15) is 9.59 Å². The molecule has 1 aromatic carbocycles. The van der Waals surface area contributed by atoms with Crippen LogP contribution in [0.1, 0.15) is 60.9 Å². The summed E-state index contributed by atoms with van der Waals surface area (Å²) in [6.07, 6.45) is 6.29. The molecule has 0 atom stereocenters. The van der Waals surface area contributed by atoms with Gasteiger partial charge < -0.3 is 14.2 Å². The van der Waals surface area contributed by atoms with Crippen molar-refractivity contribution in [2.45, 2.75) is 58.2 Å². The molecule has 1 aliphatic carbocycles. The van der Waals surface area contributed by atoms with Crippen molar-refractivity contribution in [3.05, 3.63) is 58.0 Å². The fourth-order valence-corrected chi connectivity index (χ4v) is 5.01. The maximum Gasteiger partial charge on any atom is 0.289 e. The standard InChI is InChI=1S/C25H32BrN3O3/c1-19(30)27-13-15-28(16-14-27)25(31)24-12-11-23(32-24)18-29(22-5-3-2-4-6-22)17-20-7-9-21(26)10-8-20/h7-12,22H,2-6,13-18H2,1H3. The molecule has 32 heavy (non-hydrogen) atoms. The average Bonchev–Trinajstić information content (AvgIpc) is 3.29. The first kappa shape index (κ1) is 23.1. The van der Waals surface area contributed by atoms with E-state index >= 15 is 0 Å². The lowest BCUT2D eigenvalue weighted by molar-refractivity contribution is -0.130. The Morgan fingerprint density at radius 3 is 2.25 bits per heavy atom. The van der Waals surface area contributed by atoms with E-state index in [4.69, 9.17) is 4.42 Å². The van der Waals surface area contributed by atoms with Gasteiger partial charge in [0.05, 0.1) is 6.54 Å². The minimum absolute atomic E-state index is 0.0611. The largest absolute Gasteiger partial charge is 0.455 e. The second-order valence-corrected chi connectivity index (χ2v) is 9.80. The number of hydrogen-bond acceptors (Lipinski definition) is 4. The molecular weight excluding hydrogens is 470 g/mol. The van der Waals surface area contributed by atoms with Crippen LogP contribution >= 0.6 is 15.9 Å². The average molecular weight is 502 g/mol. The summed E-state index contributed by atoms with van der Waals surface area (Å²) >= 11 is 3.52. The minimum atomic E-state index is -0.0865. The SMILES string of the molecule is CC(=O)N1CCN(C(=O)c2ccc(CN(Cc3ccc(Br)cc3)C3CCCCC3)o2)CC1. The first-order valence-electron chi connectivity index (χ1n) is 11.6. The van der Waals surface area contributed by atoms with E-state index < -0.39 is 0 Å². The number of carbonyl (C=O) groups excluding carboxylic acids is 2. The number of nitrogens with zero attached hydrogens (tertiary/aromatic N) is 3. The predicted octanol–water partition coefficient (Wildman–Crippen LogP) is 4.68. The van der Waals surface area contributed by atoms with Crippen molar-refractivity contribution in [2.75, 3.05) is 26.2 Å². The van der Waals surface area contributed by atoms with Crippen molar-refractivity contribution in [2.24, 2.45) is 0 Å². The molecule has 0 bridgehead atoms. The van der Waals surface area contributed by atoms with Crippen molar-refractivity contribution in [3.8, 4) is 0 Å². The number of halogens is 1. The van der Waals surface area contributed by atoms with Gasteiger partial charge in [0.1, 0.15) is 5.76 Å². The molecule has 7 heteroatoms. The molecular formula is C25H32BrN3O3. The third-order valence-corrected chi connectivity index (χ3v) is 7.16. The molecule has 2 amide bonds. The lowest BCUT2D eigenvalue weighted by atomic mass is 9.93. The van der Waals surface area contributed by atoms with E-state index in [-0.39, 0.29) is 11.8 Å². The Balaban J connectivity index is 1.42. The van der Waals surface area contributed by atoms with Gasteiger partial charge in [-0.3, -0.25) is 14.5 Å². The van der Waals surface area contributed by atoms with Gasteiger partial charge in [0.25, 0.3) is 5.91 Å². The van der Waals surface area contributed by atoms with Gasteiger partial charge in [0.15, 0.2) is 5.76 Å². The summed E-state index contributed by atoms with van der Waals surface area (Å²) in [6, 6.07) is 12.8. The molecule has 1 saturated carbocycles. The summed E-state index contributed by atoms with van der Waals surface area (Å²) < 4.78 is 7.12. The Bertz CT molecular complexity index is 913. The molecule has 2 aromatic rings. The van der Waals surface area contributed by atoms with Crippen LogP contribution in [-0.2, 0) is 17.9 Å². The van der Waals surface area contributed by atoms with E-state index in [0.717, 1.165) is 16.8 Å². The smallest absolute Gasteiger partial charge is 0.289 e. The lowest BCUT2D eigenvalue weighted by Crippen LogP contribution is -2.50. The number of amides is 2. The van der Waals surface area contributed by atoms with Crippen LogP contribution in [0.4, 0.5) is 0 Å². The highest BCUT2D eigenvalue weighted by atomic mass is 79.9. The maximum atomic E-state index is 12.9. The van der Waals surface area contributed by atoms with Crippen molar-refractivity contribution in [1.29, 1.82) is 0 Å². The predicted molar refractivity (Wildman–Crippen MR) is 127 cm³/mol. The Labute approximate surface area is 198 Å². The normalized spacial score (nSPS) is 17.7. The molecule has 0 N–H and O–H groups in total. The number of piperazine rings is 1. The van der Waals surface area contributed by atoms with Gasteiger partial charge in [0.2, 0.25) is 5.91 Å². The van der Waals surface area contributed by atoms with Crippen LogP contribution in [0.2, 0.25) is 0 Å². The minimum Gasteiger partial charge on any atom is -0.455 e. The van der Waals surface area contributed by atoms with Crippen molar-refractivity contribution in [1.82, 2.24) is 14.7 Å². The van der Waals surface area contributed by atoms with Crippen molar-refractivity contribution < 1.29 is 14.0 Å². The van der Waals surface area contributed by atoms with Crippen molar-refractivity contribution in [3.63, 3.8) is 0 Å². The molecule has 4 rings (SSSR count). The zero-order valence-corrected chi connectivity index (χ0v) is 20.3. The summed E-state index contributed by atoms with van der Waals surface area (Å²) in [4.78, 5) is 30.5. The quantitative estimate of drug-likeness (QED) is 0.576. The van der Waals surface area contributed by atoms with E-state index in [1.54, 1.807) is 22.8 Å². The highest BCUT2D eigenvalue weighted by Gasteiger charge is 2.26.